The summed E-state index contributed by atoms with van der Waals surface area (Å²) in [7, 11) is 1.98. The van der Waals surface area contributed by atoms with Crippen molar-refractivity contribution in [1.82, 2.24) is 19.3 Å². The van der Waals surface area contributed by atoms with Crippen LogP contribution in [0.1, 0.15) is 37.9 Å². The molecule has 0 saturated heterocycles. The zero-order valence-electron chi connectivity index (χ0n) is 11.8. The van der Waals surface area contributed by atoms with E-state index in [2.05, 4.69) is 21.6 Å². The molecule has 2 N–H and O–H groups in total. The third kappa shape index (κ3) is 1.93. The van der Waals surface area contributed by atoms with Gasteiger partial charge in [0.1, 0.15) is 5.52 Å². The highest BCUT2D eigenvalue weighted by Gasteiger charge is 2.32. The summed E-state index contributed by atoms with van der Waals surface area (Å²) in [6.45, 7) is 4.22. The Kier molecular flexibility index (Phi) is 3.20. The van der Waals surface area contributed by atoms with E-state index in [-0.39, 0.29) is 0 Å². The maximum atomic E-state index is 6.18. The molecule has 1 saturated carbocycles. The lowest BCUT2D eigenvalue weighted by atomic mass is 10.2. The SMILES string of the molecule is CCSC1CCCC1n1c(N)nc2c(C)nn(C)c21. The van der Waals surface area contributed by atoms with Gasteiger partial charge in [-0.3, -0.25) is 9.25 Å². The van der Waals surface area contributed by atoms with Gasteiger partial charge in [0.05, 0.1) is 11.7 Å². The van der Waals surface area contributed by atoms with Crippen molar-refractivity contribution in [2.45, 2.75) is 44.4 Å². The monoisotopic (exact) mass is 279 g/mol. The molecule has 2 atom stereocenters. The molecule has 0 aliphatic heterocycles. The van der Waals surface area contributed by atoms with Gasteiger partial charge in [-0.25, -0.2) is 4.98 Å². The number of imidazole rings is 1. The lowest BCUT2D eigenvalue weighted by Crippen LogP contribution is -2.19. The van der Waals surface area contributed by atoms with Crippen LogP contribution in [0.4, 0.5) is 5.95 Å². The Hall–Kier alpha value is -1.17. The van der Waals surface area contributed by atoms with Gasteiger partial charge in [0.2, 0.25) is 5.95 Å². The Morgan fingerprint density at radius 3 is 2.95 bits per heavy atom. The topological polar surface area (TPSA) is 61.7 Å². The molecule has 0 amide bonds. The summed E-state index contributed by atoms with van der Waals surface area (Å²) in [6.07, 6.45) is 3.74. The molecule has 2 heterocycles. The molecule has 0 radical (unpaired) electrons. The second-order valence-electron chi connectivity index (χ2n) is 5.21. The van der Waals surface area contributed by atoms with E-state index >= 15 is 0 Å². The highest BCUT2D eigenvalue weighted by atomic mass is 32.2. The minimum Gasteiger partial charge on any atom is -0.369 e. The van der Waals surface area contributed by atoms with E-state index < -0.39 is 0 Å². The molecule has 0 bridgehead atoms. The van der Waals surface area contributed by atoms with Crippen molar-refractivity contribution in [3.63, 3.8) is 0 Å². The van der Waals surface area contributed by atoms with Gasteiger partial charge in [-0.1, -0.05) is 13.3 Å². The first-order valence-electron chi connectivity index (χ1n) is 6.92. The van der Waals surface area contributed by atoms with Gasteiger partial charge in [0, 0.05) is 12.3 Å². The van der Waals surface area contributed by atoms with Gasteiger partial charge in [0.15, 0.2) is 5.65 Å². The average Bonchev–Trinajstić information content (AvgIpc) is 2.99. The van der Waals surface area contributed by atoms with Gasteiger partial charge in [0.25, 0.3) is 0 Å². The number of hydrogen-bond donors (Lipinski definition) is 1. The van der Waals surface area contributed by atoms with Crippen molar-refractivity contribution in [2.75, 3.05) is 11.5 Å². The van der Waals surface area contributed by atoms with E-state index in [4.69, 9.17) is 5.73 Å². The Morgan fingerprint density at radius 1 is 1.42 bits per heavy atom. The van der Waals surface area contributed by atoms with E-state index in [1.165, 1.54) is 19.3 Å². The minimum atomic E-state index is 0.463. The van der Waals surface area contributed by atoms with Crippen LogP contribution in [0.3, 0.4) is 0 Å². The van der Waals surface area contributed by atoms with Crippen LogP contribution in [0.25, 0.3) is 11.2 Å². The number of aromatic nitrogens is 4. The second-order valence-corrected chi connectivity index (χ2v) is 6.73. The molecular weight excluding hydrogens is 258 g/mol. The van der Waals surface area contributed by atoms with E-state index in [0.29, 0.717) is 17.2 Å². The predicted octanol–water partition coefficient (Wildman–Crippen LogP) is 2.51. The molecule has 2 aromatic heterocycles. The zero-order valence-corrected chi connectivity index (χ0v) is 12.6. The summed E-state index contributed by atoms with van der Waals surface area (Å²) in [5, 5.41) is 5.12. The number of nitrogens with two attached hydrogens (primary N) is 1. The number of thioether (sulfide) groups is 1. The summed E-state index contributed by atoms with van der Waals surface area (Å²) in [6, 6.07) is 0.463. The smallest absolute Gasteiger partial charge is 0.202 e. The number of rotatable bonds is 3. The summed E-state index contributed by atoms with van der Waals surface area (Å²) in [4.78, 5) is 4.52. The fraction of sp³-hybridized carbons (Fsp3) is 0.692. The van der Waals surface area contributed by atoms with E-state index in [0.717, 1.165) is 22.6 Å². The van der Waals surface area contributed by atoms with Crippen LogP contribution in [-0.4, -0.2) is 30.3 Å². The Morgan fingerprint density at radius 2 is 2.21 bits per heavy atom. The van der Waals surface area contributed by atoms with Crippen LogP contribution in [0.5, 0.6) is 0 Å². The molecule has 3 rings (SSSR count). The van der Waals surface area contributed by atoms with Crippen molar-refractivity contribution >= 4 is 28.9 Å². The number of nitrogens with zero attached hydrogens (tertiary/aromatic N) is 4. The van der Waals surface area contributed by atoms with Crippen LogP contribution >= 0.6 is 11.8 Å². The Balaban J connectivity index is 2.11. The quantitative estimate of drug-likeness (QED) is 0.937. The molecule has 5 nitrogen and oxygen atoms in total. The molecule has 19 heavy (non-hydrogen) atoms. The van der Waals surface area contributed by atoms with Crippen LogP contribution in [0.2, 0.25) is 0 Å². The average molecular weight is 279 g/mol. The molecule has 104 valence electrons. The maximum Gasteiger partial charge on any atom is 0.202 e. The van der Waals surface area contributed by atoms with Crippen molar-refractivity contribution < 1.29 is 0 Å². The van der Waals surface area contributed by atoms with Crippen molar-refractivity contribution in [2.24, 2.45) is 7.05 Å². The fourth-order valence-corrected chi connectivity index (χ4v) is 4.49. The van der Waals surface area contributed by atoms with Crippen molar-refractivity contribution in [3.8, 4) is 0 Å². The zero-order chi connectivity index (χ0) is 13.6. The molecule has 6 heteroatoms. The van der Waals surface area contributed by atoms with Gasteiger partial charge in [-0.15, -0.1) is 0 Å². The molecular formula is C13H21N5S. The van der Waals surface area contributed by atoms with Gasteiger partial charge >= 0.3 is 0 Å². The summed E-state index contributed by atoms with van der Waals surface area (Å²) in [5.41, 5.74) is 9.16. The highest BCUT2D eigenvalue weighted by molar-refractivity contribution is 7.99. The molecule has 0 spiro atoms. The third-order valence-electron chi connectivity index (χ3n) is 3.99. The van der Waals surface area contributed by atoms with Crippen LogP contribution in [0.15, 0.2) is 0 Å². The molecule has 1 fully saturated rings. The number of aryl methyl sites for hydroxylation is 2. The molecule has 1 aliphatic rings. The highest BCUT2D eigenvalue weighted by Crippen LogP contribution is 2.41. The fourth-order valence-electron chi connectivity index (χ4n) is 3.25. The molecule has 2 unspecified atom stereocenters. The molecule has 1 aliphatic carbocycles. The van der Waals surface area contributed by atoms with Gasteiger partial charge in [-0.2, -0.15) is 16.9 Å². The standard InChI is InChI=1S/C13H21N5S/c1-4-19-10-7-5-6-9(10)18-12-11(15-13(18)14)8(2)16-17(12)3/h9-10H,4-7H2,1-3H3,(H2,14,15). The van der Waals surface area contributed by atoms with Crippen LogP contribution in [-0.2, 0) is 7.05 Å². The molecule has 2 aromatic rings. The predicted molar refractivity (Wildman–Crippen MR) is 80.5 cm³/mol. The summed E-state index contributed by atoms with van der Waals surface area (Å²) in [5.74, 6) is 1.79. The first-order chi connectivity index (χ1) is 9.13. The number of nitrogen functional groups attached to an aromatic ring is 1. The first-order valence-corrected chi connectivity index (χ1v) is 7.97. The first kappa shape index (κ1) is 12.8. The summed E-state index contributed by atoms with van der Waals surface area (Å²) < 4.78 is 4.13. The van der Waals surface area contributed by atoms with Crippen molar-refractivity contribution in [1.29, 1.82) is 0 Å². The lowest BCUT2D eigenvalue weighted by molar-refractivity contribution is 0.536. The normalized spacial score (nSPS) is 23.5. The molecule has 0 aromatic carbocycles. The van der Waals surface area contributed by atoms with E-state index in [1.54, 1.807) is 0 Å². The van der Waals surface area contributed by atoms with Gasteiger partial charge in [-0.05, 0) is 25.5 Å². The van der Waals surface area contributed by atoms with Crippen LogP contribution < -0.4 is 5.73 Å². The van der Waals surface area contributed by atoms with E-state index in [9.17, 15) is 0 Å². The van der Waals surface area contributed by atoms with Crippen molar-refractivity contribution in [3.05, 3.63) is 5.69 Å². The van der Waals surface area contributed by atoms with E-state index in [1.807, 2.05) is 30.4 Å². The Bertz CT molecular complexity index is 600. The van der Waals surface area contributed by atoms with Crippen LogP contribution in [0, 0.1) is 6.92 Å². The minimum absolute atomic E-state index is 0.463. The summed E-state index contributed by atoms with van der Waals surface area (Å²) >= 11 is 2.04. The lowest BCUT2D eigenvalue weighted by Gasteiger charge is -2.21. The number of hydrogen-bond acceptors (Lipinski definition) is 4. The Labute approximate surface area is 117 Å². The maximum absolute atomic E-state index is 6.18. The third-order valence-corrected chi connectivity index (χ3v) is 5.30. The number of anilines is 1. The number of fused-ring (bicyclic) bond motifs is 1. The largest absolute Gasteiger partial charge is 0.369 e. The second kappa shape index (κ2) is 4.74. The van der Waals surface area contributed by atoms with Gasteiger partial charge < -0.3 is 5.73 Å².